The minimum atomic E-state index is 0.0537. The molecule has 0 N–H and O–H groups in total. The van der Waals surface area contributed by atoms with Crippen molar-refractivity contribution in [2.24, 2.45) is 0 Å². The van der Waals surface area contributed by atoms with Crippen molar-refractivity contribution in [2.45, 2.75) is 12.8 Å². The van der Waals surface area contributed by atoms with Gasteiger partial charge in [-0.3, -0.25) is 14.5 Å². The highest BCUT2D eigenvalue weighted by molar-refractivity contribution is 5.99. The van der Waals surface area contributed by atoms with Crippen molar-refractivity contribution in [3.8, 4) is 0 Å². The van der Waals surface area contributed by atoms with Crippen molar-refractivity contribution in [1.29, 1.82) is 0 Å². The Morgan fingerprint density at radius 1 is 0.931 bits per heavy atom. The third-order valence-electron chi connectivity index (χ3n) is 5.61. The molecule has 0 aliphatic carbocycles. The first kappa shape index (κ1) is 19.4. The standard InChI is InChI=1S/C24H27N3O2/c28-23-12-6-14-27(23)22-11-4-10-21(19-22)24(29)26-17-15-25(16-18-26)13-5-9-20-7-2-1-3-8-20/h1-5,7-11,19H,6,12-18H2/b9-5+. The Bertz CT molecular complexity index is 886. The van der Waals surface area contributed by atoms with E-state index >= 15 is 0 Å². The Balaban J connectivity index is 1.31. The van der Waals surface area contributed by atoms with E-state index in [0.29, 0.717) is 12.0 Å². The van der Waals surface area contributed by atoms with E-state index in [1.165, 1.54) is 5.56 Å². The van der Waals surface area contributed by atoms with Gasteiger partial charge in [0.2, 0.25) is 5.91 Å². The van der Waals surface area contributed by atoms with E-state index < -0.39 is 0 Å². The lowest BCUT2D eigenvalue weighted by Gasteiger charge is -2.34. The van der Waals surface area contributed by atoms with Crippen molar-refractivity contribution in [3.63, 3.8) is 0 Å². The number of rotatable bonds is 5. The molecule has 0 saturated carbocycles. The van der Waals surface area contributed by atoms with Crippen LogP contribution < -0.4 is 4.90 Å². The molecule has 0 bridgehead atoms. The first-order valence-corrected chi connectivity index (χ1v) is 10.3. The molecule has 5 nitrogen and oxygen atoms in total. The van der Waals surface area contributed by atoms with Gasteiger partial charge in [0.15, 0.2) is 0 Å². The number of benzene rings is 2. The van der Waals surface area contributed by atoms with E-state index in [9.17, 15) is 9.59 Å². The van der Waals surface area contributed by atoms with E-state index in [4.69, 9.17) is 0 Å². The van der Waals surface area contributed by atoms with Gasteiger partial charge in [-0.1, -0.05) is 48.6 Å². The average molecular weight is 389 g/mol. The monoisotopic (exact) mass is 389 g/mol. The highest BCUT2D eigenvalue weighted by Gasteiger charge is 2.24. The first-order valence-electron chi connectivity index (χ1n) is 10.3. The van der Waals surface area contributed by atoms with Crippen LogP contribution in [0.15, 0.2) is 60.7 Å². The molecule has 0 radical (unpaired) electrons. The molecule has 2 heterocycles. The normalized spacial score (nSPS) is 18.0. The molecule has 0 aromatic heterocycles. The van der Waals surface area contributed by atoms with Gasteiger partial charge in [0.05, 0.1) is 0 Å². The first-order chi connectivity index (χ1) is 14.2. The van der Waals surface area contributed by atoms with Crippen molar-refractivity contribution in [2.75, 3.05) is 44.2 Å². The number of piperazine rings is 1. The van der Waals surface area contributed by atoms with Crippen molar-refractivity contribution in [3.05, 3.63) is 71.8 Å². The van der Waals surface area contributed by atoms with Crippen LogP contribution in [-0.4, -0.2) is 60.9 Å². The predicted molar refractivity (Wildman–Crippen MR) is 116 cm³/mol. The van der Waals surface area contributed by atoms with Gasteiger partial charge >= 0.3 is 0 Å². The average Bonchev–Trinajstić information content (AvgIpc) is 3.20. The lowest BCUT2D eigenvalue weighted by molar-refractivity contribution is -0.117. The maximum Gasteiger partial charge on any atom is 0.254 e. The molecule has 0 atom stereocenters. The van der Waals surface area contributed by atoms with E-state index in [1.54, 1.807) is 4.90 Å². The highest BCUT2D eigenvalue weighted by atomic mass is 16.2. The minimum Gasteiger partial charge on any atom is -0.336 e. The topological polar surface area (TPSA) is 43.9 Å². The number of amides is 2. The fourth-order valence-electron chi connectivity index (χ4n) is 3.95. The molecule has 2 aromatic rings. The molecule has 2 saturated heterocycles. The van der Waals surface area contributed by atoms with E-state index in [1.807, 2.05) is 47.4 Å². The van der Waals surface area contributed by atoms with Gasteiger partial charge in [0, 0.05) is 56.9 Å². The summed E-state index contributed by atoms with van der Waals surface area (Å²) < 4.78 is 0. The second kappa shape index (κ2) is 9.05. The number of nitrogens with zero attached hydrogens (tertiary/aromatic N) is 3. The van der Waals surface area contributed by atoms with Crippen LogP contribution in [0.4, 0.5) is 5.69 Å². The quantitative estimate of drug-likeness (QED) is 0.788. The zero-order valence-corrected chi connectivity index (χ0v) is 16.7. The molecule has 0 unspecified atom stereocenters. The number of carbonyl (C=O) groups excluding carboxylic acids is 2. The molecule has 2 amide bonds. The maximum atomic E-state index is 12.9. The highest BCUT2D eigenvalue weighted by Crippen LogP contribution is 2.23. The molecule has 5 heteroatoms. The molecule has 2 aromatic carbocycles. The summed E-state index contributed by atoms with van der Waals surface area (Å²) in [7, 11) is 0. The summed E-state index contributed by atoms with van der Waals surface area (Å²) in [4.78, 5) is 31.0. The largest absolute Gasteiger partial charge is 0.336 e. The Morgan fingerprint density at radius 2 is 1.72 bits per heavy atom. The number of hydrogen-bond acceptors (Lipinski definition) is 3. The third kappa shape index (κ3) is 4.74. The summed E-state index contributed by atoms with van der Waals surface area (Å²) in [5, 5.41) is 0. The van der Waals surface area contributed by atoms with E-state index in [0.717, 1.165) is 51.4 Å². The van der Waals surface area contributed by atoms with Gasteiger partial charge < -0.3 is 9.80 Å². The van der Waals surface area contributed by atoms with Gasteiger partial charge in [-0.05, 0) is 30.2 Å². The molecule has 150 valence electrons. The van der Waals surface area contributed by atoms with Gasteiger partial charge in [-0.2, -0.15) is 0 Å². The number of hydrogen-bond donors (Lipinski definition) is 0. The minimum absolute atomic E-state index is 0.0537. The second-order valence-electron chi connectivity index (χ2n) is 7.61. The van der Waals surface area contributed by atoms with Crippen molar-refractivity contribution in [1.82, 2.24) is 9.80 Å². The van der Waals surface area contributed by atoms with Gasteiger partial charge in [-0.15, -0.1) is 0 Å². The third-order valence-corrected chi connectivity index (χ3v) is 5.61. The summed E-state index contributed by atoms with van der Waals surface area (Å²) >= 11 is 0. The summed E-state index contributed by atoms with van der Waals surface area (Å²) in [6.45, 7) is 4.83. The van der Waals surface area contributed by atoms with Crippen LogP contribution in [0.1, 0.15) is 28.8 Å². The lowest BCUT2D eigenvalue weighted by atomic mass is 10.1. The fourth-order valence-corrected chi connectivity index (χ4v) is 3.95. The van der Waals surface area contributed by atoms with Crippen LogP contribution in [0.3, 0.4) is 0 Å². The van der Waals surface area contributed by atoms with Crippen molar-refractivity contribution < 1.29 is 9.59 Å². The second-order valence-corrected chi connectivity index (χ2v) is 7.61. The van der Waals surface area contributed by atoms with Crippen LogP contribution in [0.5, 0.6) is 0 Å². The molecule has 2 aliphatic rings. The molecular formula is C24H27N3O2. The summed E-state index contributed by atoms with van der Waals surface area (Å²) in [6, 6.07) is 17.8. The van der Waals surface area contributed by atoms with Gasteiger partial charge in [0.25, 0.3) is 5.91 Å². The number of anilines is 1. The molecule has 4 rings (SSSR count). The zero-order valence-electron chi connectivity index (χ0n) is 16.7. The smallest absolute Gasteiger partial charge is 0.254 e. The van der Waals surface area contributed by atoms with E-state index in [-0.39, 0.29) is 11.8 Å². The molecular weight excluding hydrogens is 362 g/mol. The van der Waals surface area contributed by atoms with Crippen LogP contribution >= 0.6 is 0 Å². The molecule has 2 fully saturated rings. The Labute approximate surface area is 172 Å². The summed E-state index contributed by atoms with van der Waals surface area (Å²) in [5.41, 5.74) is 2.71. The van der Waals surface area contributed by atoms with Gasteiger partial charge in [-0.25, -0.2) is 0 Å². The van der Waals surface area contributed by atoms with Crippen molar-refractivity contribution >= 4 is 23.6 Å². The van der Waals surface area contributed by atoms with Crippen LogP contribution in [0.2, 0.25) is 0 Å². The molecule has 0 spiro atoms. The van der Waals surface area contributed by atoms with E-state index in [2.05, 4.69) is 29.2 Å². The fraction of sp³-hybridized carbons (Fsp3) is 0.333. The van der Waals surface area contributed by atoms with Crippen LogP contribution in [0.25, 0.3) is 6.08 Å². The Hall–Kier alpha value is -2.92. The lowest BCUT2D eigenvalue weighted by Crippen LogP contribution is -2.48. The SMILES string of the molecule is O=C(c1cccc(N2CCCC2=O)c1)N1CCN(C/C=C/c2ccccc2)CC1. The number of carbonyl (C=O) groups is 2. The maximum absolute atomic E-state index is 12.9. The zero-order chi connectivity index (χ0) is 20.1. The molecule has 29 heavy (non-hydrogen) atoms. The van der Waals surface area contributed by atoms with Crippen LogP contribution in [0, 0.1) is 0 Å². The predicted octanol–water partition coefficient (Wildman–Crippen LogP) is 3.28. The summed E-state index contributed by atoms with van der Waals surface area (Å²) in [6.07, 6.45) is 5.81. The van der Waals surface area contributed by atoms with Crippen LogP contribution in [-0.2, 0) is 4.79 Å². The Morgan fingerprint density at radius 3 is 2.45 bits per heavy atom. The Kier molecular flexibility index (Phi) is 6.06. The summed E-state index contributed by atoms with van der Waals surface area (Å²) in [5.74, 6) is 0.199. The van der Waals surface area contributed by atoms with Gasteiger partial charge in [0.1, 0.15) is 0 Å². The molecule has 2 aliphatic heterocycles.